The molecule has 0 spiro atoms. The Hall–Kier alpha value is -2.38. The Kier molecular flexibility index (Phi) is 5.73. The molecule has 26 heavy (non-hydrogen) atoms. The van der Waals surface area contributed by atoms with Crippen LogP contribution in [0.4, 0.5) is 14.9 Å². The molecule has 6 nitrogen and oxygen atoms in total. The van der Waals surface area contributed by atoms with Crippen molar-refractivity contribution in [3.05, 3.63) is 51.5 Å². The van der Waals surface area contributed by atoms with E-state index in [1.807, 2.05) is 0 Å². The maximum atomic E-state index is 13.3. The minimum absolute atomic E-state index is 0.0910. The highest BCUT2D eigenvalue weighted by atomic mass is 35.5. The molecule has 0 atom stereocenters. The van der Waals surface area contributed by atoms with Gasteiger partial charge < -0.3 is 9.30 Å². The van der Waals surface area contributed by atoms with Crippen molar-refractivity contribution in [3.8, 4) is 11.3 Å². The van der Waals surface area contributed by atoms with Crippen molar-refractivity contribution in [3.63, 3.8) is 0 Å². The van der Waals surface area contributed by atoms with E-state index < -0.39 is 23.1 Å². The number of nitrogens with zero attached hydrogens (tertiary/aromatic N) is 2. The molecule has 0 saturated carbocycles. The zero-order valence-corrected chi connectivity index (χ0v) is 15.8. The average molecular weight is 382 g/mol. The lowest BCUT2D eigenvalue weighted by molar-refractivity contribution is 0.0580. The number of carbonyl (C=O) groups excluding carboxylic acids is 1. The molecule has 1 aromatic heterocycles. The number of carbonyl (C=O) groups is 1. The van der Waals surface area contributed by atoms with Gasteiger partial charge in [0, 0.05) is 12.1 Å². The van der Waals surface area contributed by atoms with Crippen molar-refractivity contribution >= 4 is 23.4 Å². The molecule has 2 N–H and O–H groups in total. The molecule has 0 unspecified atom stereocenters. The normalized spacial score (nSPS) is 11.3. The number of nitrogens with two attached hydrogens (primary N) is 1. The molecule has 0 fully saturated rings. The molecular weight excluding hydrogens is 361 g/mol. The fraction of sp³-hybridized carbons (Fsp3) is 0.333. The summed E-state index contributed by atoms with van der Waals surface area (Å²) in [6, 6.07) is 6.81. The first kappa shape index (κ1) is 19.9. The van der Waals surface area contributed by atoms with Crippen LogP contribution in [0.3, 0.4) is 0 Å². The second-order valence-electron chi connectivity index (χ2n) is 6.63. The zero-order valence-electron chi connectivity index (χ0n) is 15.0. The fourth-order valence-corrected chi connectivity index (χ4v) is 2.63. The Balaban J connectivity index is 2.68. The van der Waals surface area contributed by atoms with Crippen LogP contribution >= 0.6 is 11.6 Å². The number of anilines is 1. The summed E-state index contributed by atoms with van der Waals surface area (Å²) in [5, 5.41) is 0.702. The van der Waals surface area contributed by atoms with Crippen LogP contribution in [0.15, 0.2) is 35.1 Å². The molecule has 1 heterocycles. The molecule has 0 aliphatic heterocycles. The summed E-state index contributed by atoms with van der Waals surface area (Å²) in [4.78, 5) is 24.8. The van der Waals surface area contributed by atoms with Crippen molar-refractivity contribution < 1.29 is 13.9 Å². The van der Waals surface area contributed by atoms with Gasteiger partial charge in [-0.3, -0.25) is 4.79 Å². The van der Waals surface area contributed by atoms with Gasteiger partial charge in [-0.05, 0) is 58.0 Å². The van der Waals surface area contributed by atoms with Crippen LogP contribution in [0.5, 0.6) is 0 Å². The minimum Gasteiger partial charge on any atom is -0.442 e. The van der Waals surface area contributed by atoms with Gasteiger partial charge in [-0.1, -0.05) is 11.6 Å². The molecule has 2 aromatic rings. The second-order valence-corrected chi connectivity index (χ2v) is 7.04. The number of rotatable bonds is 3. The summed E-state index contributed by atoms with van der Waals surface area (Å²) in [6.07, 6.45) is -0.807. The van der Waals surface area contributed by atoms with Crippen LogP contribution in [0.25, 0.3) is 11.3 Å². The van der Waals surface area contributed by atoms with Crippen molar-refractivity contribution in [1.29, 1.82) is 0 Å². The van der Waals surface area contributed by atoms with Gasteiger partial charge in [0.05, 0.1) is 11.4 Å². The molecule has 0 aliphatic rings. The van der Waals surface area contributed by atoms with Gasteiger partial charge in [-0.15, -0.1) is 0 Å². The van der Waals surface area contributed by atoms with Gasteiger partial charge in [-0.25, -0.2) is 20.0 Å². The van der Waals surface area contributed by atoms with Crippen LogP contribution in [0, 0.1) is 5.82 Å². The fourth-order valence-electron chi connectivity index (χ4n) is 2.43. The molecule has 8 heteroatoms. The summed E-state index contributed by atoms with van der Waals surface area (Å²) in [5.74, 6) is 5.54. The number of hydrogen-bond acceptors (Lipinski definition) is 4. The van der Waals surface area contributed by atoms with Crippen molar-refractivity contribution in [1.82, 2.24) is 4.57 Å². The first-order valence-corrected chi connectivity index (χ1v) is 8.40. The monoisotopic (exact) mass is 381 g/mol. The van der Waals surface area contributed by atoms with Crippen LogP contribution < -0.4 is 16.4 Å². The highest BCUT2D eigenvalue weighted by Crippen LogP contribution is 2.31. The largest absolute Gasteiger partial charge is 0.442 e. The lowest BCUT2D eigenvalue weighted by atomic mass is 10.1. The molecule has 0 saturated heterocycles. The summed E-state index contributed by atoms with van der Waals surface area (Å²) in [6.45, 7) is 7.16. The standard InChI is InChI=1S/C18H21ClFN3O3/c1-5-22-15(11-6-8-12(20)9-7-11)14(10-13(19)16(22)24)23(21)17(25)26-18(2,3)4/h6-10H,5,21H2,1-4H3. The predicted octanol–water partition coefficient (Wildman–Crippen LogP) is 3.94. The maximum absolute atomic E-state index is 13.3. The first-order valence-electron chi connectivity index (χ1n) is 8.02. The third-order valence-electron chi connectivity index (χ3n) is 3.51. The van der Waals surface area contributed by atoms with E-state index in [-0.39, 0.29) is 17.3 Å². The lowest BCUT2D eigenvalue weighted by Crippen LogP contribution is -2.42. The number of hydrogen-bond donors (Lipinski definition) is 1. The van der Waals surface area contributed by atoms with Crippen molar-refractivity contribution in [2.75, 3.05) is 5.01 Å². The van der Waals surface area contributed by atoms with Crippen LogP contribution in [-0.4, -0.2) is 16.3 Å². The second kappa shape index (κ2) is 7.47. The first-order chi connectivity index (χ1) is 12.0. The van der Waals surface area contributed by atoms with Crippen molar-refractivity contribution in [2.24, 2.45) is 5.84 Å². The molecule has 1 aromatic carbocycles. The number of amides is 1. The van der Waals surface area contributed by atoms with Gasteiger partial charge in [-0.2, -0.15) is 0 Å². The summed E-state index contributed by atoms with van der Waals surface area (Å²) in [5.41, 5.74) is -0.160. The van der Waals surface area contributed by atoms with Crippen LogP contribution in [0.2, 0.25) is 5.02 Å². The van der Waals surface area contributed by atoms with Gasteiger partial charge in [0.15, 0.2) is 0 Å². The molecule has 2 rings (SSSR count). The number of aromatic nitrogens is 1. The van der Waals surface area contributed by atoms with Crippen molar-refractivity contribution in [2.45, 2.75) is 39.8 Å². The van der Waals surface area contributed by atoms with Gasteiger partial charge in [0.2, 0.25) is 0 Å². The molecule has 0 aliphatic carbocycles. The Bertz CT molecular complexity index is 873. The number of halogens is 2. The average Bonchev–Trinajstić information content (AvgIpc) is 2.55. The van der Waals surface area contributed by atoms with Gasteiger partial charge >= 0.3 is 6.09 Å². The minimum atomic E-state index is -0.807. The quantitative estimate of drug-likeness (QED) is 0.496. The lowest BCUT2D eigenvalue weighted by Gasteiger charge is -2.26. The van der Waals surface area contributed by atoms with Crippen LogP contribution in [-0.2, 0) is 11.3 Å². The van der Waals surface area contributed by atoms with E-state index in [0.717, 1.165) is 5.01 Å². The van der Waals surface area contributed by atoms with E-state index in [1.165, 1.54) is 34.9 Å². The summed E-state index contributed by atoms with van der Waals surface area (Å²) in [7, 11) is 0. The summed E-state index contributed by atoms with van der Waals surface area (Å²) >= 11 is 6.04. The number of ether oxygens (including phenoxy) is 1. The van der Waals surface area contributed by atoms with Gasteiger partial charge in [0.25, 0.3) is 5.56 Å². The number of hydrazine groups is 1. The van der Waals surface area contributed by atoms with E-state index in [2.05, 4.69) is 0 Å². The SMILES string of the molecule is CCn1c(-c2ccc(F)cc2)c(N(N)C(=O)OC(C)(C)C)cc(Cl)c1=O. The Morgan fingerprint density at radius 1 is 1.31 bits per heavy atom. The van der Waals surface area contributed by atoms with E-state index in [1.54, 1.807) is 27.7 Å². The predicted molar refractivity (Wildman–Crippen MR) is 99.7 cm³/mol. The Morgan fingerprint density at radius 2 is 1.88 bits per heavy atom. The molecule has 140 valence electrons. The molecule has 1 amide bonds. The van der Waals surface area contributed by atoms with E-state index in [9.17, 15) is 14.0 Å². The number of pyridine rings is 1. The molecular formula is C18H21ClFN3O3. The molecule has 0 radical (unpaired) electrons. The van der Waals surface area contributed by atoms with E-state index >= 15 is 0 Å². The Morgan fingerprint density at radius 3 is 2.38 bits per heavy atom. The Labute approximate surface area is 155 Å². The van der Waals surface area contributed by atoms with Gasteiger partial charge in [0.1, 0.15) is 16.4 Å². The highest BCUT2D eigenvalue weighted by Gasteiger charge is 2.26. The number of benzene rings is 1. The smallest absolute Gasteiger partial charge is 0.429 e. The van der Waals surface area contributed by atoms with E-state index in [0.29, 0.717) is 11.3 Å². The highest BCUT2D eigenvalue weighted by molar-refractivity contribution is 6.30. The topological polar surface area (TPSA) is 77.6 Å². The van der Waals surface area contributed by atoms with Crippen LogP contribution in [0.1, 0.15) is 27.7 Å². The van der Waals surface area contributed by atoms with E-state index in [4.69, 9.17) is 22.2 Å². The third-order valence-corrected chi connectivity index (χ3v) is 3.78. The zero-order chi connectivity index (χ0) is 19.6. The molecule has 0 bridgehead atoms. The third kappa shape index (κ3) is 4.23. The maximum Gasteiger partial charge on any atom is 0.429 e. The summed E-state index contributed by atoms with van der Waals surface area (Å²) < 4.78 is 20.0.